The maximum absolute atomic E-state index is 13.6. The van der Waals surface area contributed by atoms with E-state index in [0.717, 1.165) is 6.07 Å². The van der Waals surface area contributed by atoms with Crippen molar-refractivity contribution in [3.63, 3.8) is 0 Å². The number of halogens is 2. The fourth-order valence-electron chi connectivity index (χ4n) is 2.11. The first-order valence-corrected chi connectivity index (χ1v) is 9.44. The Kier molecular flexibility index (Phi) is 4.11. The van der Waals surface area contributed by atoms with E-state index in [1.54, 1.807) is 0 Å². The summed E-state index contributed by atoms with van der Waals surface area (Å²) in [6.07, 6.45) is -0.138. The van der Waals surface area contributed by atoms with Crippen molar-refractivity contribution in [2.45, 2.75) is 18.1 Å². The Balaban J connectivity index is 2.23. The van der Waals surface area contributed by atoms with Gasteiger partial charge in [0.25, 0.3) is 0 Å². The number of sulfone groups is 1. The van der Waals surface area contributed by atoms with Crippen molar-refractivity contribution in [1.29, 1.82) is 0 Å². The van der Waals surface area contributed by atoms with Crippen molar-refractivity contribution in [2.24, 2.45) is 0 Å². The van der Waals surface area contributed by atoms with Crippen LogP contribution in [0.4, 0.5) is 20.2 Å². The van der Waals surface area contributed by atoms with Gasteiger partial charge in [-0.3, -0.25) is 4.72 Å². The summed E-state index contributed by atoms with van der Waals surface area (Å²) in [5, 5.41) is -0.954. The molecule has 0 bridgehead atoms. The number of anilines is 2. The normalized spacial score (nSPS) is 19.3. The van der Waals surface area contributed by atoms with Crippen LogP contribution in [-0.2, 0) is 19.9 Å². The Bertz CT molecular complexity index is 725. The molecule has 3 N–H and O–H groups in total. The van der Waals surface area contributed by atoms with E-state index in [1.165, 1.54) is 0 Å². The molecule has 0 aromatic heterocycles. The zero-order chi connectivity index (χ0) is 15.8. The molecule has 1 aliphatic rings. The molecule has 1 heterocycles. The fourth-order valence-corrected chi connectivity index (χ4v) is 5.42. The van der Waals surface area contributed by atoms with Crippen LogP contribution in [0.25, 0.3) is 0 Å². The number of nitrogens with one attached hydrogen (secondary N) is 1. The van der Waals surface area contributed by atoms with E-state index in [-0.39, 0.29) is 30.0 Å². The van der Waals surface area contributed by atoms with Gasteiger partial charge in [-0.2, -0.15) is 0 Å². The third-order valence-corrected chi connectivity index (χ3v) is 6.82. The Morgan fingerprint density at radius 2 is 1.76 bits per heavy atom. The lowest BCUT2D eigenvalue weighted by molar-refractivity contribution is 0.554. The molecule has 1 saturated heterocycles. The second-order valence-corrected chi connectivity index (χ2v) is 9.11. The number of nitrogens with two attached hydrogens (primary N) is 1. The first-order valence-electron chi connectivity index (χ1n) is 6.07. The van der Waals surface area contributed by atoms with Crippen molar-refractivity contribution >= 4 is 31.2 Å². The summed E-state index contributed by atoms with van der Waals surface area (Å²) in [5.41, 5.74) is 4.50. The van der Waals surface area contributed by atoms with Crippen molar-refractivity contribution in [2.75, 3.05) is 22.0 Å². The molecule has 1 aliphatic heterocycles. The Labute approximate surface area is 121 Å². The average molecular weight is 340 g/mol. The predicted octanol–water partition coefficient (Wildman–Crippen LogP) is 0.866. The smallest absolute Gasteiger partial charge is 0.235 e. The van der Waals surface area contributed by atoms with Crippen LogP contribution in [-0.4, -0.2) is 33.6 Å². The summed E-state index contributed by atoms with van der Waals surface area (Å²) >= 11 is 0. The number of nitrogen functional groups attached to an aromatic ring is 1. The lowest BCUT2D eigenvalue weighted by Gasteiger charge is -2.23. The number of benzene rings is 1. The van der Waals surface area contributed by atoms with Gasteiger partial charge in [-0.25, -0.2) is 25.6 Å². The van der Waals surface area contributed by atoms with Crippen molar-refractivity contribution < 1.29 is 25.6 Å². The number of rotatable bonds is 3. The molecule has 0 atom stereocenters. The fraction of sp³-hybridized carbons (Fsp3) is 0.455. The topological polar surface area (TPSA) is 106 Å². The van der Waals surface area contributed by atoms with E-state index in [4.69, 9.17) is 5.73 Å². The van der Waals surface area contributed by atoms with Gasteiger partial charge in [0.05, 0.1) is 22.4 Å². The van der Waals surface area contributed by atoms with Crippen LogP contribution in [0.3, 0.4) is 0 Å². The second-order valence-electron chi connectivity index (χ2n) is 4.85. The third-order valence-electron chi connectivity index (χ3n) is 3.27. The van der Waals surface area contributed by atoms with Crippen molar-refractivity contribution in [1.82, 2.24) is 0 Å². The summed E-state index contributed by atoms with van der Waals surface area (Å²) in [6, 6.07) is 1.31. The molecule has 0 saturated carbocycles. The molecule has 1 aromatic rings. The lowest BCUT2D eigenvalue weighted by atomic mass is 10.2. The Morgan fingerprint density at radius 3 is 2.29 bits per heavy atom. The molecule has 21 heavy (non-hydrogen) atoms. The predicted molar refractivity (Wildman–Crippen MR) is 75.0 cm³/mol. The SMILES string of the molecule is Nc1cc(F)cc(F)c1NS(=O)(=O)C1CCS(=O)(=O)CC1. The Hall–Kier alpha value is -1.42. The zero-order valence-corrected chi connectivity index (χ0v) is 12.5. The monoisotopic (exact) mass is 340 g/mol. The van der Waals surface area contributed by atoms with Gasteiger partial charge in [-0.05, 0) is 18.9 Å². The summed E-state index contributed by atoms with van der Waals surface area (Å²) in [5.74, 6) is -2.52. The molecule has 1 aromatic carbocycles. The highest BCUT2D eigenvalue weighted by Gasteiger charge is 2.33. The lowest BCUT2D eigenvalue weighted by Crippen LogP contribution is -2.36. The molecule has 0 unspecified atom stereocenters. The van der Waals surface area contributed by atoms with Crippen LogP contribution in [0.15, 0.2) is 12.1 Å². The van der Waals surface area contributed by atoms with Crippen molar-refractivity contribution in [3.05, 3.63) is 23.8 Å². The summed E-state index contributed by atoms with van der Waals surface area (Å²) in [6.45, 7) is 0. The summed E-state index contributed by atoms with van der Waals surface area (Å²) in [7, 11) is -7.21. The average Bonchev–Trinajstić information content (AvgIpc) is 2.33. The first kappa shape index (κ1) is 16.0. The van der Waals surface area contributed by atoms with E-state index >= 15 is 0 Å². The van der Waals surface area contributed by atoms with Crippen LogP contribution < -0.4 is 10.5 Å². The molecule has 2 rings (SSSR count). The van der Waals surface area contributed by atoms with Crippen LogP contribution in [0, 0.1) is 11.6 Å². The molecule has 118 valence electrons. The minimum absolute atomic E-state index is 0.0691. The molecule has 0 radical (unpaired) electrons. The van der Waals surface area contributed by atoms with E-state index < -0.39 is 42.4 Å². The minimum Gasteiger partial charge on any atom is -0.397 e. The zero-order valence-electron chi connectivity index (χ0n) is 10.8. The van der Waals surface area contributed by atoms with Gasteiger partial charge in [-0.15, -0.1) is 0 Å². The van der Waals surface area contributed by atoms with Crippen LogP contribution in [0.1, 0.15) is 12.8 Å². The van der Waals surface area contributed by atoms with Gasteiger partial charge in [0.15, 0.2) is 5.82 Å². The van der Waals surface area contributed by atoms with E-state index in [2.05, 4.69) is 0 Å². The van der Waals surface area contributed by atoms with Crippen LogP contribution in [0.5, 0.6) is 0 Å². The molecular weight excluding hydrogens is 326 g/mol. The molecule has 6 nitrogen and oxygen atoms in total. The minimum atomic E-state index is -4.00. The van der Waals surface area contributed by atoms with Crippen LogP contribution >= 0.6 is 0 Å². The number of hydrogen-bond donors (Lipinski definition) is 2. The Morgan fingerprint density at radius 1 is 1.19 bits per heavy atom. The molecular formula is C11H14F2N2O4S2. The highest BCUT2D eigenvalue weighted by molar-refractivity contribution is 7.94. The summed E-state index contributed by atoms with van der Waals surface area (Å²) < 4.78 is 75.3. The molecule has 0 aliphatic carbocycles. The van der Waals surface area contributed by atoms with Gasteiger partial charge < -0.3 is 5.73 Å². The summed E-state index contributed by atoms with van der Waals surface area (Å²) in [4.78, 5) is 0. The maximum atomic E-state index is 13.6. The first-order chi connectivity index (χ1) is 9.61. The van der Waals surface area contributed by atoms with E-state index in [1.807, 2.05) is 4.72 Å². The quantitative estimate of drug-likeness (QED) is 0.794. The number of hydrogen-bond acceptors (Lipinski definition) is 5. The number of sulfonamides is 1. The van der Waals surface area contributed by atoms with Gasteiger partial charge in [-0.1, -0.05) is 0 Å². The highest BCUT2D eigenvalue weighted by Crippen LogP contribution is 2.28. The largest absolute Gasteiger partial charge is 0.397 e. The van der Waals surface area contributed by atoms with E-state index in [0.29, 0.717) is 6.07 Å². The van der Waals surface area contributed by atoms with Crippen LogP contribution in [0.2, 0.25) is 0 Å². The highest BCUT2D eigenvalue weighted by atomic mass is 32.2. The van der Waals surface area contributed by atoms with Gasteiger partial charge in [0.1, 0.15) is 21.3 Å². The third kappa shape index (κ3) is 3.62. The molecule has 1 fully saturated rings. The molecule has 0 amide bonds. The van der Waals surface area contributed by atoms with Gasteiger partial charge in [0, 0.05) is 6.07 Å². The second kappa shape index (κ2) is 5.41. The van der Waals surface area contributed by atoms with E-state index in [9.17, 15) is 25.6 Å². The molecule has 0 spiro atoms. The maximum Gasteiger partial charge on any atom is 0.235 e. The van der Waals surface area contributed by atoms with Gasteiger partial charge >= 0.3 is 0 Å². The molecule has 10 heteroatoms. The van der Waals surface area contributed by atoms with Crippen molar-refractivity contribution in [3.8, 4) is 0 Å². The van der Waals surface area contributed by atoms with Gasteiger partial charge in [0.2, 0.25) is 10.0 Å². The standard InChI is InChI=1S/C11H14F2N2O4S2/c12-7-5-9(13)11(10(14)6-7)15-21(18,19)8-1-3-20(16,17)4-2-8/h5-6,8,15H,1-4,14H2.